The fourth-order valence-corrected chi connectivity index (χ4v) is 3.32. The summed E-state index contributed by atoms with van der Waals surface area (Å²) in [5, 5.41) is 12.4. The van der Waals surface area contributed by atoms with Gasteiger partial charge in [-0.2, -0.15) is 0 Å². The second-order valence-corrected chi connectivity index (χ2v) is 7.61. The van der Waals surface area contributed by atoms with E-state index in [1.807, 2.05) is 11.8 Å². The molecule has 0 aliphatic carbocycles. The molecule has 2 heterocycles. The predicted molar refractivity (Wildman–Crippen MR) is 83.0 cm³/mol. The number of piperidine rings is 1. The van der Waals surface area contributed by atoms with Gasteiger partial charge in [0.15, 0.2) is 0 Å². The minimum absolute atomic E-state index is 0.143. The second kappa shape index (κ2) is 7.24. The summed E-state index contributed by atoms with van der Waals surface area (Å²) in [5.74, 6) is 1.41. The van der Waals surface area contributed by atoms with Crippen LogP contribution in [0.2, 0.25) is 0 Å². The van der Waals surface area contributed by atoms with Gasteiger partial charge in [0.25, 0.3) is 0 Å². The summed E-state index contributed by atoms with van der Waals surface area (Å²) >= 11 is 1.46. The normalized spacial score (nSPS) is 18.2. The van der Waals surface area contributed by atoms with Crippen LogP contribution in [0, 0.1) is 11.8 Å². The van der Waals surface area contributed by atoms with Crippen LogP contribution < -0.4 is 0 Å². The molecule has 0 aromatic carbocycles. The Balaban J connectivity index is 1.93. The second-order valence-electron chi connectivity index (χ2n) is 6.31. The van der Waals surface area contributed by atoms with Crippen LogP contribution in [0.4, 0.5) is 0 Å². The molecule has 7 heteroatoms. The van der Waals surface area contributed by atoms with Crippen molar-refractivity contribution in [2.24, 2.45) is 11.8 Å². The third-order valence-electron chi connectivity index (χ3n) is 3.76. The highest BCUT2D eigenvalue weighted by molar-refractivity contribution is 8.00. The molecule has 118 valence electrons. The zero-order valence-corrected chi connectivity index (χ0v) is 14.1. The molecule has 0 N–H and O–H groups in total. The largest absolute Gasteiger partial charge is 0.342 e. The summed E-state index contributed by atoms with van der Waals surface area (Å²) in [4.78, 5) is 14.5. The Hall–Kier alpha value is -1.11. The van der Waals surface area contributed by atoms with E-state index in [1.54, 1.807) is 4.68 Å². The maximum absolute atomic E-state index is 12.5. The van der Waals surface area contributed by atoms with Crippen LogP contribution in [-0.2, 0) is 11.3 Å². The number of amides is 1. The fourth-order valence-electron chi connectivity index (χ4n) is 2.44. The first-order chi connectivity index (χ1) is 9.97. The maximum atomic E-state index is 12.5. The van der Waals surface area contributed by atoms with E-state index in [0.717, 1.165) is 43.6 Å². The Morgan fingerprint density at radius 2 is 2.00 bits per heavy atom. The topological polar surface area (TPSA) is 63.9 Å². The van der Waals surface area contributed by atoms with Gasteiger partial charge in [0, 0.05) is 19.6 Å². The van der Waals surface area contributed by atoms with Crippen molar-refractivity contribution >= 4 is 17.7 Å². The smallest absolute Gasteiger partial charge is 0.235 e. The molecule has 0 saturated carbocycles. The van der Waals surface area contributed by atoms with E-state index >= 15 is 0 Å². The fraction of sp³-hybridized carbons (Fsp3) is 0.857. The number of tetrazole rings is 1. The van der Waals surface area contributed by atoms with Gasteiger partial charge in [-0.25, -0.2) is 4.68 Å². The molecule has 1 aromatic heterocycles. The van der Waals surface area contributed by atoms with Gasteiger partial charge >= 0.3 is 0 Å². The molecule has 0 bridgehead atoms. The zero-order valence-electron chi connectivity index (χ0n) is 13.3. The molecule has 0 radical (unpaired) electrons. The number of nitrogens with zero attached hydrogens (tertiary/aromatic N) is 5. The van der Waals surface area contributed by atoms with Crippen molar-refractivity contribution in [3.8, 4) is 0 Å². The van der Waals surface area contributed by atoms with Gasteiger partial charge < -0.3 is 4.90 Å². The Morgan fingerprint density at radius 1 is 1.33 bits per heavy atom. The molecular formula is C14H25N5OS. The number of hydrogen-bond acceptors (Lipinski definition) is 5. The summed E-state index contributed by atoms with van der Waals surface area (Å²) in [5.41, 5.74) is 0. The third kappa shape index (κ3) is 4.43. The molecule has 0 spiro atoms. The van der Waals surface area contributed by atoms with Crippen LogP contribution in [0.5, 0.6) is 0 Å². The number of likely N-dealkylation sites (tertiary alicyclic amines) is 1. The Bertz CT molecular complexity index is 468. The number of rotatable bonds is 5. The van der Waals surface area contributed by atoms with Gasteiger partial charge in [-0.3, -0.25) is 4.79 Å². The van der Waals surface area contributed by atoms with Crippen molar-refractivity contribution in [2.45, 2.75) is 57.5 Å². The number of carbonyl (C=O) groups is 1. The Labute approximate surface area is 130 Å². The summed E-state index contributed by atoms with van der Waals surface area (Å²) in [7, 11) is 0. The van der Waals surface area contributed by atoms with E-state index in [0.29, 0.717) is 5.92 Å². The molecule has 1 unspecified atom stereocenters. The summed E-state index contributed by atoms with van der Waals surface area (Å²) < 4.78 is 1.79. The van der Waals surface area contributed by atoms with E-state index in [4.69, 9.17) is 0 Å². The highest BCUT2D eigenvalue weighted by Gasteiger charge is 2.26. The highest BCUT2D eigenvalue weighted by atomic mass is 32.2. The number of aromatic nitrogens is 4. The molecule has 6 nitrogen and oxygen atoms in total. The van der Waals surface area contributed by atoms with Gasteiger partial charge in [0.05, 0.1) is 5.25 Å². The average molecular weight is 311 g/mol. The molecular weight excluding hydrogens is 286 g/mol. The van der Waals surface area contributed by atoms with Crippen LogP contribution >= 0.6 is 11.8 Å². The first-order valence-electron chi connectivity index (χ1n) is 7.69. The maximum Gasteiger partial charge on any atom is 0.235 e. The van der Waals surface area contributed by atoms with E-state index in [1.165, 1.54) is 11.8 Å². The van der Waals surface area contributed by atoms with Gasteiger partial charge in [0.1, 0.15) is 0 Å². The number of thioether (sulfide) groups is 1. The van der Waals surface area contributed by atoms with Crippen molar-refractivity contribution in [3.05, 3.63) is 0 Å². The van der Waals surface area contributed by atoms with Crippen molar-refractivity contribution in [3.63, 3.8) is 0 Å². The first kappa shape index (κ1) is 16.3. The molecule has 1 aliphatic rings. The van der Waals surface area contributed by atoms with Crippen LogP contribution in [0.1, 0.15) is 40.5 Å². The van der Waals surface area contributed by atoms with Crippen molar-refractivity contribution in [2.75, 3.05) is 13.1 Å². The number of hydrogen-bond donors (Lipinski definition) is 0. The molecule has 1 fully saturated rings. The lowest BCUT2D eigenvalue weighted by molar-refractivity contribution is -0.131. The molecule has 2 rings (SSSR count). The first-order valence-corrected chi connectivity index (χ1v) is 8.57. The minimum atomic E-state index is -0.143. The highest BCUT2D eigenvalue weighted by Crippen LogP contribution is 2.24. The van der Waals surface area contributed by atoms with E-state index < -0.39 is 0 Å². The Kier molecular flexibility index (Phi) is 5.61. The van der Waals surface area contributed by atoms with Gasteiger partial charge in [-0.15, -0.1) is 5.10 Å². The summed E-state index contributed by atoms with van der Waals surface area (Å²) in [6, 6.07) is 0. The van der Waals surface area contributed by atoms with Crippen molar-refractivity contribution in [1.82, 2.24) is 25.1 Å². The number of carbonyl (C=O) groups excluding carboxylic acids is 1. The van der Waals surface area contributed by atoms with Crippen LogP contribution in [0.25, 0.3) is 0 Å². The van der Waals surface area contributed by atoms with Crippen LogP contribution in [0.15, 0.2) is 5.16 Å². The lowest BCUT2D eigenvalue weighted by Gasteiger charge is -2.31. The average Bonchev–Trinajstić information content (AvgIpc) is 2.85. The molecule has 1 atom stereocenters. The van der Waals surface area contributed by atoms with Crippen LogP contribution in [-0.4, -0.2) is 49.4 Å². The quantitative estimate of drug-likeness (QED) is 0.779. The van der Waals surface area contributed by atoms with E-state index in [-0.39, 0.29) is 11.2 Å². The van der Waals surface area contributed by atoms with Gasteiger partial charge in [-0.1, -0.05) is 32.5 Å². The van der Waals surface area contributed by atoms with Crippen molar-refractivity contribution in [1.29, 1.82) is 0 Å². The van der Waals surface area contributed by atoms with Crippen molar-refractivity contribution < 1.29 is 4.79 Å². The lowest BCUT2D eigenvalue weighted by Crippen LogP contribution is -2.41. The molecule has 1 saturated heterocycles. The lowest BCUT2D eigenvalue weighted by atomic mass is 9.99. The van der Waals surface area contributed by atoms with Gasteiger partial charge in [-0.05, 0) is 42.0 Å². The molecule has 1 amide bonds. The Morgan fingerprint density at radius 3 is 2.62 bits per heavy atom. The predicted octanol–water partition coefficient (Wildman–Crippen LogP) is 2.07. The zero-order chi connectivity index (χ0) is 15.4. The minimum Gasteiger partial charge on any atom is -0.342 e. The summed E-state index contributed by atoms with van der Waals surface area (Å²) in [6.45, 7) is 11.0. The molecule has 1 aromatic rings. The van der Waals surface area contributed by atoms with E-state index in [2.05, 4.69) is 36.3 Å². The van der Waals surface area contributed by atoms with E-state index in [9.17, 15) is 4.79 Å². The summed E-state index contributed by atoms with van der Waals surface area (Å²) in [6.07, 6.45) is 2.21. The third-order valence-corrected chi connectivity index (χ3v) is 4.82. The van der Waals surface area contributed by atoms with Crippen LogP contribution in [0.3, 0.4) is 0 Å². The molecule has 21 heavy (non-hydrogen) atoms. The van der Waals surface area contributed by atoms with Gasteiger partial charge in [0.2, 0.25) is 11.1 Å². The molecule has 1 aliphatic heterocycles. The SMILES string of the molecule is CC(C)Cn1nnnc1SC(C)C(=O)N1CCC(C)CC1. The standard InChI is InChI=1S/C14H25N5OS/c1-10(2)9-19-14(15-16-17-19)21-12(4)13(20)18-7-5-11(3)6-8-18/h10-12H,5-9H2,1-4H3. The monoisotopic (exact) mass is 311 g/mol.